The summed E-state index contributed by atoms with van der Waals surface area (Å²) in [6.45, 7) is 11.2. The predicted octanol–water partition coefficient (Wildman–Crippen LogP) is 7.86. The van der Waals surface area contributed by atoms with Crippen molar-refractivity contribution in [3.63, 3.8) is 0 Å². The van der Waals surface area contributed by atoms with Gasteiger partial charge in [-0.15, -0.1) is 0 Å². The van der Waals surface area contributed by atoms with E-state index in [1.807, 2.05) is 0 Å². The van der Waals surface area contributed by atoms with Crippen molar-refractivity contribution >= 4 is 0 Å². The largest absolute Gasteiger partial charge is 1.00 e. The van der Waals surface area contributed by atoms with Crippen LogP contribution in [0.2, 0.25) is 0 Å². The minimum atomic E-state index is 0. The highest BCUT2D eigenvalue weighted by Crippen LogP contribution is 2.17. The van der Waals surface area contributed by atoms with Gasteiger partial charge in [-0.05, 0) is 38.5 Å². The first-order valence-electron chi connectivity index (χ1n) is 15.5. The number of unbranched alkanes of at least 4 members (excludes halogenated alkanes) is 21. The van der Waals surface area contributed by atoms with Crippen molar-refractivity contribution in [3.05, 3.63) is 0 Å². The summed E-state index contributed by atoms with van der Waals surface area (Å²) in [6.07, 6.45) is 34.8. The molecule has 0 aliphatic carbocycles. The second-order valence-corrected chi connectivity index (χ2v) is 11.2. The van der Waals surface area contributed by atoms with Gasteiger partial charge in [-0.2, -0.15) is 0 Å². The van der Waals surface area contributed by atoms with Crippen LogP contribution in [-0.4, -0.2) is 31.2 Å². The Labute approximate surface area is 218 Å². The Morgan fingerprint density at radius 3 is 0.697 bits per heavy atom. The first-order chi connectivity index (χ1) is 15.7. The normalized spacial score (nSPS) is 11.6. The third kappa shape index (κ3) is 26.7. The maximum atomic E-state index is 2.59. The molecule has 0 fully saturated rings. The molecule has 0 aliphatic rings. The lowest BCUT2D eigenvalue weighted by molar-refractivity contribution is -0.910. The molecule has 0 atom stereocenters. The summed E-state index contributed by atoms with van der Waals surface area (Å²) in [7, 11) is 2.59. The van der Waals surface area contributed by atoms with E-state index in [-0.39, 0.29) is 12.4 Å². The van der Waals surface area contributed by atoms with Crippen LogP contribution in [0.3, 0.4) is 0 Å². The summed E-state index contributed by atoms with van der Waals surface area (Å²) >= 11 is 0. The third-order valence-electron chi connectivity index (χ3n) is 7.65. The van der Waals surface area contributed by atoms with E-state index >= 15 is 0 Å². The minimum Gasteiger partial charge on any atom is -1.00 e. The van der Waals surface area contributed by atoms with Crippen molar-refractivity contribution in [1.82, 2.24) is 0 Å². The van der Waals surface area contributed by atoms with Gasteiger partial charge in [-0.1, -0.05) is 136 Å². The zero-order valence-corrected chi connectivity index (χ0v) is 24.7. The smallest absolute Gasteiger partial charge is 0.0784 e. The number of halogens is 1. The van der Waals surface area contributed by atoms with E-state index in [0.29, 0.717) is 0 Å². The number of hydrogen-bond acceptors (Lipinski definition) is 0. The van der Waals surface area contributed by atoms with Crippen molar-refractivity contribution in [2.45, 2.75) is 175 Å². The van der Waals surface area contributed by atoms with E-state index in [9.17, 15) is 0 Å². The molecule has 0 saturated heterocycles. The molecule has 0 unspecified atom stereocenters. The monoisotopic (exact) mass is 487 g/mol. The predicted molar refractivity (Wildman–Crippen MR) is 149 cm³/mol. The first-order valence-corrected chi connectivity index (χ1v) is 15.5. The van der Waals surface area contributed by atoms with Crippen LogP contribution in [0, 0.1) is 0 Å². The quantitative estimate of drug-likeness (QED) is 0.0816. The van der Waals surface area contributed by atoms with Crippen molar-refractivity contribution in [1.29, 1.82) is 0 Å². The van der Waals surface area contributed by atoms with E-state index in [0.717, 1.165) is 0 Å². The lowest BCUT2D eigenvalue weighted by Crippen LogP contribution is -3.00. The van der Waals surface area contributed by atoms with E-state index < -0.39 is 0 Å². The molecule has 0 aromatic rings. The first kappa shape index (κ1) is 35.4. The van der Waals surface area contributed by atoms with Gasteiger partial charge in [0.2, 0.25) is 0 Å². The summed E-state index contributed by atoms with van der Waals surface area (Å²) < 4.78 is 1.36. The van der Waals surface area contributed by atoms with Gasteiger partial charge in [0.05, 0.1) is 26.7 Å². The van der Waals surface area contributed by atoms with Gasteiger partial charge in [0.15, 0.2) is 0 Å². The second-order valence-electron chi connectivity index (χ2n) is 11.2. The summed E-state index contributed by atoms with van der Waals surface area (Å²) in [5.74, 6) is 0. The molecule has 1 nitrogen and oxygen atoms in total. The fourth-order valence-electron chi connectivity index (χ4n) is 5.22. The molecule has 202 valence electrons. The van der Waals surface area contributed by atoms with Gasteiger partial charge < -0.3 is 16.9 Å². The molecule has 0 rings (SSSR count). The fourth-order valence-corrected chi connectivity index (χ4v) is 5.22. The van der Waals surface area contributed by atoms with Gasteiger partial charge in [0.1, 0.15) is 0 Å². The Hall–Kier alpha value is 0.250. The minimum absolute atomic E-state index is 0. The maximum absolute atomic E-state index is 2.59. The molecule has 0 aromatic heterocycles. The van der Waals surface area contributed by atoms with Crippen LogP contribution in [0.1, 0.15) is 175 Å². The second kappa shape index (κ2) is 28.5. The average Bonchev–Trinajstić information content (AvgIpc) is 2.79. The molecule has 0 aliphatic heterocycles. The van der Waals surface area contributed by atoms with Gasteiger partial charge in [0, 0.05) is 0 Å². The molecule has 33 heavy (non-hydrogen) atoms. The number of rotatable bonds is 27. The lowest BCUT2D eigenvalue weighted by atomic mass is 10.1. The van der Waals surface area contributed by atoms with Crippen LogP contribution >= 0.6 is 0 Å². The van der Waals surface area contributed by atoms with Gasteiger partial charge in [-0.25, -0.2) is 0 Å². The van der Waals surface area contributed by atoms with Gasteiger partial charge >= 0.3 is 0 Å². The number of hydrogen-bond donors (Lipinski definition) is 0. The zero-order chi connectivity index (χ0) is 23.6. The Balaban J connectivity index is 0. The van der Waals surface area contributed by atoms with E-state index in [1.165, 1.54) is 178 Å². The number of quaternary nitrogens is 1. The fraction of sp³-hybridized carbons (Fsp3) is 1.00. The van der Waals surface area contributed by atoms with Crippen molar-refractivity contribution in [3.8, 4) is 0 Å². The molecule has 0 heterocycles. The zero-order valence-electron chi connectivity index (χ0n) is 23.9. The Morgan fingerprint density at radius 1 is 0.303 bits per heavy atom. The molecule has 0 bridgehead atoms. The molecule has 0 amide bonds. The molecule has 0 saturated carbocycles. The maximum Gasteiger partial charge on any atom is 0.0784 e. The van der Waals surface area contributed by atoms with E-state index in [1.54, 1.807) is 0 Å². The molecular weight excluding hydrogens is 422 g/mol. The highest BCUT2D eigenvalue weighted by Gasteiger charge is 2.20. The van der Waals surface area contributed by atoms with Crippen LogP contribution in [0.4, 0.5) is 0 Å². The van der Waals surface area contributed by atoms with E-state index in [2.05, 4.69) is 27.8 Å². The summed E-state index contributed by atoms with van der Waals surface area (Å²) in [6, 6.07) is 0. The van der Waals surface area contributed by atoms with Crippen molar-refractivity contribution < 1.29 is 16.9 Å². The van der Waals surface area contributed by atoms with Crippen LogP contribution in [0.5, 0.6) is 0 Å². The highest BCUT2D eigenvalue weighted by molar-refractivity contribution is 4.52. The van der Waals surface area contributed by atoms with E-state index in [4.69, 9.17) is 0 Å². The molecular formula is C31H66ClN. The Bertz CT molecular complexity index is 294. The molecule has 0 radical (unpaired) electrons. The third-order valence-corrected chi connectivity index (χ3v) is 7.65. The summed E-state index contributed by atoms with van der Waals surface area (Å²) in [5, 5.41) is 0. The average molecular weight is 488 g/mol. The summed E-state index contributed by atoms with van der Waals surface area (Å²) in [4.78, 5) is 0. The van der Waals surface area contributed by atoms with Crippen molar-refractivity contribution in [2.24, 2.45) is 0 Å². The highest BCUT2D eigenvalue weighted by atomic mass is 35.5. The Morgan fingerprint density at radius 2 is 0.485 bits per heavy atom. The molecule has 0 spiro atoms. The lowest BCUT2D eigenvalue weighted by Gasteiger charge is -2.35. The Kier molecular flexibility index (Phi) is 30.6. The standard InChI is InChI=1S/C31H66N.ClH/c1-5-8-11-14-17-20-23-26-29-32(4,30-27-24-21-18-15-12-9-6-2)31-28-25-22-19-16-13-10-7-3;/h5-31H2,1-4H3;1H/q+1;/p-1. The molecule has 2 heteroatoms. The topological polar surface area (TPSA) is 0 Å². The van der Waals surface area contributed by atoms with Gasteiger partial charge in [-0.3, -0.25) is 0 Å². The van der Waals surface area contributed by atoms with Crippen LogP contribution in [-0.2, 0) is 0 Å². The number of nitrogens with zero attached hydrogens (tertiary/aromatic N) is 1. The van der Waals surface area contributed by atoms with Crippen LogP contribution in [0.15, 0.2) is 0 Å². The summed E-state index contributed by atoms with van der Waals surface area (Å²) in [5.41, 5.74) is 0. The van der Waals surface area contributed by atoms with Gasteiger partial charge in [0.25, 0.3) is 0 Å². The van der Waals surface area contributed by atoms with Crippen LogP contribution in [0.25, 0.3) is 0 Å². The van der Waals surface area contributed by atoms with Crippen LogP contribution < -0.4 is 12.4 Å². The SMILES string of the molecule is CCCCCCCCCC[N+](C)(CCCCCCCCCC)CCCCCCCCCC.[Cl-]. The molecule has 0 aromatic carbocycles. The van der Waals surface area contributed by atoms with Crippen molar-refractivity contribution in [2.75, 3.05) is 26.7 Å². The molecule has 0 N–H and O–H groups in total.